The topological polar surface area (TPSA) is 65.7 Å². The van der Waals surface area contributed by atoms with Crippen LogP contribution in [-0.4, -0.2) is 28.8 Å². The van der Waals surface area contributed by atoms with Crippen molar-refractivity contribution in [2.24, 2.45) is 0 Å². The first-order valence-electron chi connectivity index (χ1n) is 8.73. The van der Waals surface area contributed by atoms with Gasteiger partial charge in [-0.1, -0.05) is 41.9 Å². The lowest BCUT2D eigenvalue weighted by atomic mass is 10.1. The summed E-state index contributed by atoms with van der Waals surface area (Å²) < 4.78 is 12.0. The van der Waals surface area contributed by atoms with Crippen molar-refractivity contribution in [2.75, 3.05) is 14.2 Å². The fraction of sp³-hybridized carbons (Fsp3) is 0.0952. The van der Waals surface area contributed by atoms with Gasteiger partial charge in [0, 0.05) is 21.7 Å². The highest BCUT2D eigenvalue weighted by Gasteiger charge is 2.18. The molecule has 0 aliphatic carbocycles. The van der Waals surface area contributed by atoms with Crippen molar-refractivity contribution in [2.45, 2.75) is 0 Å². The predicted octanol–water partition coefficient (Wildman–Crippen LogP) is 4.80. The third-order valence-electron chi connectivity index (χ3n) is 4.86. The Bertz CT molecular complexity index is 1480. The van der Waals surface area contributed by atoms with Crippen molar-refractivity contribution in [3.05, 3.63) is 63.4 Å². The van der Waals surface area contributed by atoms with Crippen molar-refractivity contribution in [1.82, 2.24) is 14.6 Å². The molecule has 2 aromatic carbocycles. The molecule has 3 aromatic heterocycles. The molecule has 29 heavy (non-hydrogen) atoms. The minimum Gasteiger partial charge on any atom is -0.493 e. The van der Waals surface area contributed by atoms with E-state index in [0.717, 1.165) is 21.9 Å². The van der Waals surface area contributed by atoms with Crippen molar-refractivity contribution < 1.29 is 9.47 Å². The maximum atomic E-state index is 13.4. The number of aromatic nitrogens is 3. The molecule has 6 nitrogen and oxygen atoms in total. The summed E-state index contributed by atoms with van der Waals surface area (Å²) in [5.41, 5.74) is 1.83. The van der Waals surface area contributed by atoms with Gasteiger partial charge in [-0.2, -0.15) is 9.61 Å². The van der Waals surface area contributed by atoms with Gasteiger partial charge in [0.15, 0.2) is 22.3 Å². The van der Waals surface area contributed by atoms with Crippen LogP contribution in [-0.2, 0) is 0 Å². The predicted molar refractivity (Wildman–Crippen MR) is 116 cm³/mol. The second kappa shape index (κ2) is 6.72. The Labute approximate surface area is 173 Å². The molecule has 8 heteroatoms. The van der Waals surface area contributed by atoms with Gasteiger partial charge in [0.25, 0.3) is 5.56 Å². The second-order valence-electron chi connectivity index (χ2n) is 6.39. The molecule has 0 atom stereocenters. The van der Waals surface area contributed by atoms with E-state index in [1.807, 2.05) is 47.8 Å². The van der Waals surface area contributed by atoms with E-state index in [1.165, 1.54) is 15.9 Å². The highest BCUT2D eigenvalue weighted by molar-refractivity contribution is 7.17. The third-order valence-corrected chi connectivity index (χ3v) is 6.01. The van der Waals surface area contributed by atoms with Crippen LogP contribution >= 0.6 is 22.9 Å². The number of hydrogen-bond acceptors (Lipinski definition) is 6. The summed E-state index contributed by atoms with van der Waals surface area (Å²) in [6, 6.07) is 13.1. The van der Waals surface area contributed by atoms with E-state index in [0.29, 0.717) is 27.4 Å². The highest BCUT2D eigenvalue weighted by Crippen LogP contribution is 2.37. The number of hydrogen-bond donors (Lipinski definition) is 0. The van der Waals surface area contributed by atoms with Crippen molar-refractivity contribution in [1.29, 1.82) is 0 Å². The molecular formula is C21H14ClN3O3S. The molecule has 0 aliphatic heterocycles. The van der Waals surface area contributed by atoms with Gasteiger partial charge in [-0.25, -0.2) is 4.98 Å². The fourth-order valence-electron chi connectivity index (χ4n) is 3.47. The second-order valence-corrected chi connectivity index (χ2v) is 7.60. The summed E-state index contributed by atoms with van der Waals surface area (Å²) >= 11 is 7.75. The number of nitrogens with zero attached hydrogens (tertiary/aromatic N) is 3. The standard InChI is InChI=1S/C21H14ClN3O3S/c1-27-15-8-7-11(9-16(15)28-2)14-10-29-20-17(14)21(26)25-19(23-20)13-6-4-3-5-12(13)18(22)24-25/h3-10H,1-2H3. The molecule has 144 valence electrons. The van der Waals surface area contributed by atoms with E-state index in [-0.39, 0.29) is 10.7 Å². The van der Waals surface area contributed by atoms with E-state index in [2.05, 4.69) is 5.10 Å². The van der Waals surface area contributed by atoms with Gasteiger partial charge in [0.05, 0.1) is 19.6 Å². The van der Waals surface area contributed by atoms with Crippen LogP contribution in [0.1, 0.15) is 0 Å². The molecule has 0 spiro atoms. The Morgan fingerprint density at radius 3 is 2.55 bits per heavy atom. The van der Waals surface area contributed by atoms with Crippen LogP contribution in [0.2, 0.25) is 5.15 Å². The lowest BCUT2D eigenvalue weighted by molar-refractivity contribution is 0.355. The molecule has 0 amide bonds. The first-order valence-corrected chi connectivity index (χ1v) is 9.99. The Kier molecular flexibility index (Phi) is 4.15. The monoisotopic (exact) mass is 423 g/mol. The Hall–Kier alpha value is -3.16. The zero-order chi connectivity index (χ0) is 20.1. The highest BCUT2D eigenvalue weighted by atomic mass is 35.5. The van der Waals surface area contributed by atoms with Gasteiger partial charge in [-0.15, -0.1) is 11.3 Å². The Balaban J connectivity index is 1.85. The van der Waals surface area contributed by atoms with Gasteiger partial charge in [0.1, 0.15) is 4.83 Å². The average Bonchev–Trinajstić information content (AvgIpc) is 3.19. The van der Waals surface area contributed by atoms with E-state index < -0.39 is 0 Å². The smallest absolute Gasteiger partial charge is 0.283 e. The molecular weight excluding hydrogens is 410 g/mol. The van der Waals surface area contributed by atoms with E-state index in [9.17, 15) is 4.79 Å². The van der Waals surface area contributed by atoms with Gasteiger partial charge in [-0.05, 0) is 17.7 Å². The van der Waals surface area contributed by atoms with E-state index in [1.54, 1.807) is 14.2 Å². The fourth-order valence-corrected chi connectivity index (χ4v) is 4.64. The Morgan fingerprint density at radius 1 is 1.03 bits per heavy atom. The first-order chi connectivity index (χ1) is 14.1. The van der Waals surface area contributed by atoms with Crippen LogP contribution in [0.5, 0.6) is 11.5 Å². The molecule has 0 saturated heterocycles. The van der Waals surface area contributed by atoms with Gasteiger partial charge >= 0.3 is 0 Å². The van der Waals surface area contributed by atoms with Crippen molar-refractivity contribution in [3.8, 4) is 22.6 Å². The zero-order valence-corrected chi connectivity index (χ0v) is 17.0. The maximum absolute atomic E-state index is 13.4. The number of methoxy groups -OCH3 is 2. The number of fused-ring (bicyclic) bond motifs is 4. The van der Waals surface area contributed by atoms with Crippen molar-refractivity contribution >= 4 is 49.6 Å². The third kappa shape index (κ3) is 2.66. The average molecular weight is 424 g/mol. The van der Waals surface area contributed by atoms with Gasteiger partial charge in [0.2, 0.25) is 0 Å². The lowest BCUT2D eigenvalue weighted by Gasteiger charge is -2.09. The molecule has 0 unspecified atom stereocenters. The van der Waals surface area contributed by atoms with Crippen molar-refractivity contribution in [3.63, 3.8) is 0 Å². The van der Waals surface area contributed by atoms with E-state index in [4.69, 9.17) is 26.1 Å². The Morgan fingerprint density at radius 2 is 1.79 bits per heavy atom. The lowest BCUT2D eigenvalue weighted by Crippen LogP contribution is -2.18. The number of thiophene rings is 1. The summed E-state index contributed by atoms with van der Waals surface area (Å²) in [5, 5.41) is 8.52. The van der Waals surface area contributed by atoms with Crippen LogP contribution in [0, 0.1) is 0 Å². The van der Waals surface area contributed by atoms with E-state index >= 15 is 0 Å². The summed E-state index contributed by atoms with van der Waals surface area (Å²) in [4.78, 5) is 18.8. The molecule has 5 rings (SSSR count). The number of rotatable bonds is 3. The van der Waals surface area contributed by atoms with Crippen LogP contribution in [0.4, 0.5) is 0 Å². The van der Waals surface area contributed by atoms with Crippen LogP contribution in [0.15, 0.2) is 52.6 Å². The minimum atomic E-state index is -0.260. The zero-order valence-electron chi connectivity index (χ0n) is 15.5. The molecule has 0 aliphatic rings. The first kappa shape index (κ1) is 17.9. The summed E-state index contributed by atoms with van der Waals surface area (Å²) in [6.45, 7) is 0. The molecule has 0 N–H and O–H groups in total. The molecule has 5 aromatic rings. The van der Waals surface area contributed by atoms with Gasteiger partial charge < -0.3 is 9.47 Å². The quantitative estimate of drug-likeness (QED) is 0.390. The number of benzene rings is 2. The SMILES string of the molecule is COc1ccc(-c2csc3nc4c5ccccc5c(Cl)nn4c(=O)c23)cc1OC. The van der Waals surface area contributed by atoms with Gasteiger partial charge in [-0.3, -0.25) is 4.79 Å². The molecule has 0 fully saturated rings. The summed E-state index contributed by atoms with van der Waals surface area (Å²) in [7, 11) is 3.16. The molecule has 3 heterocycles. The van der Waals surface area contributed by atoms with Crippen LogP contribution < -0.4 is 15.0 Å². The summed E-state index contributed by atoms with van der Waals surface area (Å²) in [6.07, 6.45) is 0. The summed E-state index contributed by atoms with van der Waals surface area (Å²) in [5.74, 6) is 1.21. The minimum absolute atomic E-state index is 0.260. The number of halogens is 1. The number of ether oxygens (including phenoxy) is 2. The molecule has 0 saturated carbocycles. The largest absolute Gasteiger partial charge is 0.493 e. The molecule has 0 bridgehead atoms. The van der Waals surface area contributed by atoms with Crippen LogP contribution in [0.3, 0.4) is 0 Å². The molecule has 0 radical (unpaired) electrons. The van der Waals surface area contributed by atoms with Crippen LogP contribution in [0.25, 0.3) is 37.8 Å². The normalized spacial score (nSPS) is 11.4. The maximum Gasteiger partial charge on any atom is 0.283 e.